The van der Waals surface area contributed by atoms with Crippen LogP contribution in [0, 0.1) is 0 Å². The maximum atomic E-state index is 12.5. The Hall–Kier alpha value is -3.84. The Balaban J connectivity index is 1.69. The average Bonchev–Trinajstić information content (AvgIpc) is 2.81. The predicted octanol–water partition coefficient (Wildman–Crippen LogP) is 4.73. The number of hydrazone groups is 1. The first-order valence-electron chi connectivity index (χ1n) is 9.72. The molecule has 0 aliphatic carbocycles. The molecule has 0 atom stereocenters. The lowest BCUT2D eigenvalue weighted by molar-refractivity contribution is 0.0728. The van der Waals surface area contributed by atoms with Gasteiger partial charge in [-0.2, -0.15) is 5.10 Å². The van der Waals surface area contributed by atoms with Crippen molar-refractivity contribution in [3.05, 3.63) is 88.4 Å². The van der Waals surface area contributed by atoms with Gasteiger partial charge < -0.3 is 14.2 Å². The fourth-order valence-electron chi connectivity index (χ4n) is 2.67. The van der Waals surface area contributed by atoms with Crippen LogP contribution in [-0.2, 0) is 0 Å². The van der Waals surface area contributed by atoms with Crippen LogP contribution in [0.4, 0.5) is 0 Å². The number of carbonyl (C=O) groups is 2. The minimum atomic E-state index is -0.523. The van der Waals surface area contributed by atoms with Gasteiger partial charge in [0, 0.05) is 10.6 Å². The lowest BCUT2D eigenvalue weighted by Gasteiger charge is -2.11. The summed E-state index contributed by atoms with van der Waals surface area (Å²) < 4.78 is 16.2. The Labute approximate surface area is 190 Å². The Kier molecular flexibility index (Phi) is 7.83. The molecule has 1 amide bonds. The van der Waals surface area contributed by atoms with Crippen LogP contribution in [0.25, 0.3) is 0 Å². The number of amides is 1. The van der Waals surface area contributed by atoms with Crippen LogP contribution in [-0.4, -0.2) is 31.8 Å². The summed E-state index contributed by atoms with van der Waals surface area (Å²) in [5.74, 6) is 0.402. The highest BCUT2D eigenvalue weighted by molar-refractivity contribution is 6.30. The molecule has 3 aromatic rings. The zero-order valence-corrected chi connectivity index (χ0v) is 18.3. The summed E-state index contributed by atoms with van der Waals surface area (Å²) in [4.78, 5) is 24.6. The zero-order chi connectivity index (χ0) is 22.9. The van der Waals surface area contributed by atoms with Crippen molar-refractivity contribution in [2.24, 2.45) is 5.10 Å². The highest BCUT2D eigenvalue weighted by atomic mass is 35.5. The summed E-state index contributed by atoms with van der Waals surface area (Å²) in [6.07, 6.45) is 1.46. The maximum Gasteiger partial charge on any atom is 0.343 e. The number of halogens is 1. The van der Waals surface area contributed by atoms with Gasteiger partial charge in [-0.3, -0.25) is 4.79 Å². The summed E-state index contributed by atoms with van der Waals surface area (Å²) in [7, 11) is 1.55. The normalized spacial score (nSPS) is 10.6. The number of hydrogen-bond donors (Lipinski definition) is 1. The second-order valence-electron chi connectivity index (χ2n) is 6.46. The van der Waals surface area contributed by atoms with Gasteiger partial charge in [0.2, 0.25) is 0 Å². The molecule has 3 aromatic carbocycles. The van der Waals surface area contributed by atoms with Gasteiger partial charge in [0.05, 0.1) is 25.5 Å². The van der Waals surface area contributed by atoms with E-state index < -0.39 is 5.97 Å². The first-order valence-corrected chi connectivity index (χ1v) is 10.1. The maximum absolute atomic E-state index is 12.5. The van der Waals surface area contributed by atoms with Crippen LogP contribution in [0.3, 0.4) is 0 Å². The third-order valence-electron chi connectivity index (χ3n) is 4.28. The van der Waals surface area contributed by atoms with Crippen molar-refractivity contribution >= 4 is 29.7 Å². The molecule has 1 N–H and O–H groups in total. The summed E-state index contributed by atoms with van der Waals surface area (Å²) >= 11 is 5.82. The molecule has 8 heteroatoms. The number of benzene rings is 3. The number of methoxy groups -OCH3 is 1. The van der Waals surface area contributed by atoms with Crippen LogP contribution in [0.15, 0.2) is 71.8 Å². The van der Waals surface area contributed by atoms with E-state index in [-0.39, 0.29) is 11.7 Å². The molecule has 0 saturated heterocycles. The number of nitrogens with one attached hydrogen (secondary N) is 1. The van der Waals surface area contributed by atoms with Crippen LogP contribution in [0.1, 0.15) is 33.2 Å². The van der Waals surface area contributed by atoms with Crippen LogP contribution >= 0.6 is 11.6 Å². The number of ether oxygens (including phenoxy) is 3. The SMILES string of the molecule is CCOc1cc(/C=N\NC(=O)c2ccc(Cl)cc2)ccc1OC(=O)c1ccc(OC)cc1. The molecule has 0 aliphatic heterocycles. The molecule has 164 valence electrons. The molecule has 0 saturated carbocycles. The van der Waals surface area contributed by atoms with Crippen molar-refractivity contribution in [2.75, 3.05) is 13.7 Å². The number of hydrogen-bond acceptors (Lipinski definition) is 6. The molecule has 7 nitrogen and oxygen atoms in total. The molecule has 32 heavy (non-hydrogen) atoms. The largest absolute Gasteiger partial charge is 0.497 e. The van der Waals surface area contributed by atoms with E-state index in [2.05, 4.69) is 10.5 Å². The Morgan fingerprint density at radius 3 is 2.31 bits per heavy atom. The molecular weight excluding hydrogens is 432 g/mol. The Bertz CT molecular complexity index is 1110. The third kappa shape index (κ3) is 6.09. The van der Waals surface area contributed by atoms with E-state index in [1.165, 1.54) is 6.21 Å². The highest BCUT2D eigenvalue weighted by Crippen LogP contribution is 2.29. The third-order valence-corrected chi connectivity index (χ3v) is 4.53. The molecule has 0 radical (unpaired) electrons. The summed E-state index contributed by atoms with van der Waals surface area (Å²) in [6, 6.07) is 18.0. The van der Waals surface area contributed by atoms with E-state index in [1.54, 1.807) is 73.8 Å². The fraction of sp³-hybridized carbons (Fsp3) is 0.125. The van der Waals surface area contributed by atoms with Crippen molar-refractivity contribution in [2.45, 2.75) is 6.92 Å². The number of esters is 1. The van der Waals surface area contributed by atoms with E-state index >= 15 is 0 Å². The lowest BCUT2D eigenvalue weighted by Crippen LogP contribution is -2.17. The number of carbonyl (C=O) groups excluding carboxylic acids is 2. The molecule has 0 aromatic heterocycles. The Morgan fingerprint density at radius 2 is 1.66 bits per heavy atom. The number of rotatable bonds is 8. The summed E-state index contributed by atoms with van der Waals surface area (Å²) in [5.41, 5.74) is 3.91. The minimum Gasteiger partial charge on any atom is -0.497 e. The predicted molar refractivity (Wildman–Crippen MR) is 122 cm³/mol. The first-order chi connectivity index (χ1) is 15.5. The molecule has 0 heterocycles. The summed E-state index contributed by atoms with van der Waals surface area (Å²) in [5, 5.41) is 4.51. The van der Waals surface area contributed by atoms with Crippen molar-refractivity contribution in [3.63, 3.8) is 0 Å². The van der Waals surface area contributed by atoms with Gasteiger partial charge in [0.25, 0.3) is 5.91 Å². The molecule has 3 rings (SSSR count). The van der Waals surface area contributed by atoms with Crippen LogP contribution < -0.4 is 19.6 Å². The quantitative estimate of drug-likeness (QED) is 0.231. The lowest BCUT2D eigenvalue weighted by atomic mass is 10.2. The monoisotopic (exact) mass is 452 g/mol. The van der Waals surface area contributed by atoms with E-state index in [4.69, 9.17) is 25.8 Å². The van der Waals surface area contributed by atoms with Gasteiger partial charge >= 0.3 is 5.97 Å². The van der Waals surface area contributed by atoms with Gasteiger partial charge in [0.15, 0.2) is 11.5 Å². The van der Waals surface area contributed by atoms with Crippen molar-refractivity contribution in [1.29, 1.82) is 0 Å². The summed E-state index contributed by atoms with van der Waals surface area (Å²) in [6.45, 7) is 2.20. The fourth-order valence-corrected chi connectivity index (χ4v) is 2.80. The van der Waals surface area contributed by atoms with Gasteiger partial charge in [-0.25, -0.2) is 10.2 Å². The standard InChI is InChI=1S/C24H21ClN2O5/c1-3-31-22-14-16(15-26-27-23(28)17-5-9-19(25)10-6-17)4-13-21(22)32-24(29)18-7-11-20(30-2)12-8-18/h4-15H,3H2,1-2H3,(H,27,28)/b26-15-. The molecular formula is C24H21ClN2O5. The minimum absolute atomic E-state index is 0.273. The van der Waals surface area contributed by atoms with Crippen molar-refractivity contribution < 1.29 is 23.8 Å². The van der Waals surface area contributed by atoms with Gasteiger partial charge in [0.1, 0.15) is 5.75 Å². The van der Waals surface area contributed by atoms with E-state index in [9.17, 15) is 9.59 Å². The first kappa shape index (κ1) is 22.8. The van der Waals surface area contributed by atoms with Gasteiger partial charge in [-0.1, -0.05) is 11.6 Å². The topological polar surface area (TPSA) is 86.2 Å². The molecule has 0 unspecified atom stereocenters. The Morgan fingerprint density at radius 1 is 0.969 bits per heavy atom. The second kappa shape index (κ2) is 11.0. The van der Waals surface area contributed by atoms with Gasteiger partial charge in [-0.05, 0) is 79.2 Å². The molecule has 0 aliphatic rings. The smallest absolute Gasteiger partial charge is 0.343 e. The van der Waals surface area contributed by atoms with Gasteiger partial charge in [-0.15, -0.1) is 0 Å². The van der Waals surface area contributed by atoms with E-state index in [0.29, 0.717) is 39.8 Å². The van der Waals surface area contributed by atoms with Crippen molar-refractivity contribution in [3.8, 4) is 17.2 Å². The molecule has 0 spiro atoms. The molecule has 0 fully saturated rings. The number of nitrogens with zero attached hydrogens (tertiary/aromatic N) is 1. The average molecular weight is 453 g/mol. The van der Waals surface area contributed by atoms with E-state index in [0.717, 1.165) is 0 Å². The van der Waals surface area contributed by atoms with E-state index in [1.807, 2.05) is 6.92 Å². The van der Waals surface area contributed by atoms with Crippen LogP contribution in [0.5, 0.6) is 17.2 Å². The second-order valence-corrected chi connectivity index (χ2v) is 6.90. The van der Waals surface area contributed by atoms with Crippen LogP contribution in [0.2, 0.25) is 5.02 Å². The molecule has 0 bridgehead atoms. The highest BCUT2D eigenvalue weighted by Gasteiger charge is 2.13. The zero-order valence-electron chi connectivity index (χ0n) is 17.5. The van der Waals surface area contributed by atoms with Crippen molar-refractivity contribution in [1.82, 2.24) is 5.43 Å².